The number of anilines is 1. The Hall–Kier alpha value is -4.54. The Morgan fingerprint density at radius 3 is 2.49 bits per heavy atom. The SMILES string of the molecule is C=C1NNCCN(C2N=CN2)CCC(C(C)Nc2ccc(F)cc2)=N/C=C/C=C\C=C\1C.C=O.CCc1cc(OC)ccc1C. The summed E-state index contributed by atoms with van der Waals surface area (Å²) in [6.45, 7) is 16.7. The van der Waals surface area contributed by atoms with Crippen LogP contribution in [0.3, 0.4) is 0 Å². The molecular weight excluding hydrogens is 569 g/mol. The Kier molecular flexibility index (Phi) is 16.6. The van der Waals surface area contributed by atoms with E-state index in [2.05, 4.69) is 70.9 Å². The molecule has 0 fully saturated rings. The van der Waals surface area contributed by atoms with Gasteiger partial charge in [0.2, 0.25) is 0 Å². The number of hydrogen-bond donors (Lipinski definition) is 4. The van der Waals surface area contributed by atoms with Gasteiger partial charge in [-0.05, 0) is 86.4 Å². The highest BCUT2D eigenvalue weighted by Crippen LogP contribution is 2.17. The number of aryl methyl sites for hydroxylation is 2. The summed E-state index contributed by atoms with van der Waals surface area (Å²) < 4.78 is 18.4. The van der Waals surface area contributed by atoms with E-state index in [9.17, 15) is 4.39 Å². The van der Waals surface area contributed by atoms with E-state index in [0.717, 1.165) is 60.9 Å². The number of aliphatic imine (C=N–C) groups is 2. The van der Waals surface area contributed by atoms with Crippen LogP contribution in [0.1, 0.15) is 38.3 Å². The number of nitrogens with one attached hydrogen (secondary N) is 4. The Morgan fingerprint density at radius 1 is 1.11 bits per heavy atom. The fourth-order valence-electron chi connectivity index (χ4n) is 4.40. The first-order valence-corrected chi connectivity index (χ1v) is 15.0. The molecule has 0 aliphatic carbocycles. The van der Waals surface area contributed by atoms with E-state index in [1.165, 1.54) is 23.3 Å². The lowest BCUT2D eigenvalue weighted by molar-refractivity contribution is -0.0980. The van der Waals surface area contributed by atoms with Gasteiger partial charge in [0.15, 0.2) is 6.29 Å². The largest absolute Gasteiger partial charge is 0.497 e. The van der Waals surface area contributed by atoms with Gasteiger partial charge in [-0.25, -0.2) is 14.8 Å². The molecule has 2 heterocycles. The van der Waals surface area contributed by atoms with E-state index in [1.807, 2.05) is 50.3 Å². The van der Waals surface area contributed by atoms with Crippen LogP contribution in [0.2, 0.25) is 0 Å². The minimum absolute atomic E-state index is 0.0158. The molecule has 0 spiro atoms. The van der Waals surface area contributed by atoms with Crippen LogP contribution in [0.5, 0.6) is 5.75 Å². The lowest BCUT2D eigenvalue weighted by Crippen LogP contribution is -2.53. The van der Waals surface area contributed by atoms with Crippen LogP contribution in [-0.2, 0) is 11.2 Å². The monoisotopic (exact) mass is 617 g/mol. The van der Waals surface area contributed by atoms with Gasteiger partial charge >= 0.3 is 0 Å². The normalized spacial score (nSPS) is 20.4. The number of ether oxygens (including phenoxy) is 1. The number of rotatable bonds is 6. The molecule has 2 aliphatic rings. The Balaban J connectivity index is 0.000000454. The summed E-state index contributed by atoms with van der Waals surface area (Å²) in [5.74, 6) is 0.701. The zero-order chi connectivity index (χ0) is 33.0. The van der Waals surface area contributed by atoms with Gasteiger partial charge in [-0.3, -0.25) is 9.89 Å². The van der Waals surface area contributed by atoms with Gasteiger partial charge in [0, 0.05) is 49.4 Å². The lowest BCUT2D eigenvalue weighted by Gasteiger charge is -2.33. The smallest absolute Gasteiger partial charge is 0.178 e. The van der Waals surface area contributed by atoms with Crippen molar-refractivity contribution in [2.24, 2.45) is 9.98 Å². The molecule has 0 aromatic heterocycles. The molecule has 2 unspecified atom stereocenters. The van der Waals surface area contributed by atoms with E-state index in [0.29, 0.717) is 0 Å². The molecule has 4 rings (SSSR count). The molecule has 2 aromatic carbocycles. The molecule has 45 heavy (non-hydrogen) atoms. The van der Waals surface area contributed by atoms with Crippen molar-refractivity contribution in [2.45, 2.75) is 52.9 Å². The molecule has 4 N–H and O–H groups in total. The maximum absolute atomic E-state index is 13.2. The topological polar surface area (TPSA) is 102 Å². The lowest BCUT2D eigenvalue weighted by atomic mass is 10.1. The van der Waals surface area contributed by atoms with E-state index >= 15 is 0 Å². The second kappa shape index (κ2) is 20.4. The summed E-state index contributed by atoms with van der Waals surface area (Å²) in [6.07, 6.45) is 13.1. The maximum atomic E-state index is 13.2. The van der Waals surface area contributed by atoms with Gasteiger partial charge in [-0.2, -0.15) is 0 Å². The number of benzene rings is 2. The minimum atomic E-state index is -0.250. The van der Waals surface area contributed by atoms with Crippen molar-refractivity contribution in [1.82, 2.24) is 21.1 Å². The maximum Gasteiger partial charge on any atom is 0.178 e. The molecule has 2 atom stereocenters. The average Bonchev–Trinajstić information content (AvgIpc) is 3.03. The van der Waals surface area contributed by atoms with Gasteiger partial charge in [0.25, 0.3) is 0 Å². The zero-order valence-corrected chi connectivity index (χ0v) is 27.1. The summed E-state index contributed by atoms with van der Waals surface area (Å²) in [4.78, 5) is 19.4. The molecule has 0 saturated carbocycles. The number of halogens is 1. The standard InChI is InChI=1S/C24H32FN7.C10H14O.CH2O/c1-18-7-5-4-6-13-26-23(20(3)30-22-10-8-21(25)9-11-22)12-15-32(24-27-17-28-24)16-14-29-31-19(18)2;1-4-9-7-10(11-3)6-5-8(9)2;1-2/h4-11,13,17,20,24,29-31H,2,12,14-16H2,1,3H3,(H,27,28);5-7H,4H2,1-3H3;1H2/b5-4-,13-6+,18-7+,26-23?;;. The van der Waals surface area contributed by atoms with Crippen LogP contribution >= 0.6 is 0 Å². The Morgan fingerprint density at radius 2 is 1.84 bits per heavy atom. The van der Waals surface area contributed by atoms with Crippen LogP contribution < -0.4 is 26.2 Å². The predicted octanol–water partition coefficient (Wildman–Crippen LogP) is 5.69. The molecule has 2 aliphatic heterocycles. The zero-order valence-electron chi connectivity index (χ0n) is 27.1. The first-order chi connectivity index (χ1) is 21.8. The van der Waals surface area contributed by atoms with Gasteiger partial charge < -0.3 is 25.6 Å². The van der Waals surface area contributed by atoms with Crippen LogP contribution in [0.15, 0.2) is 101 Å². The highest BCUT2D eigenvalue weighted by molar-refractivity contribution is 5.92. The molecule has 242 valence electrons. The summed E-state index contributed by atoms with van der Waals surface area (Å²) in [6, 6.07) is 12.5. The number of hydrogen-bond acceptors (Lipinski definition) is 9. The predicted molar refractivity (Wildman–Crippen MR) is 185 cm³/mol. The number of carbonyl (C=O) groups is 1. The van der Waals surface area contributed by atoms with Gasteiger partial charge in [0.1, 0.15) is 18.4 Å². The van der Waals surface area contributed by atoms with Gasteiger partial charge in [-0.15, -0.1) is 0 Å². The van der Waals surface area contributed by atoms with Crippen molar-refractivity contribution >= 4 is 24.5 Å². The van der Waals surface area contributed by atoms with Crippen molar-refractivity contribution in [3.05, 3.63) is 108 Å². The molecule has 9 nitrogen and oxygen atoms in total. The third kappa shape index (κ3) is 12.9. The van der Waals surface area contributed by atoms with Crippen molar-refractivity contribution in [2.75, 3.05) is 32.1 Å². The minimum Gasteiger partial charge on any atom is -0.497 e. The summed E-state index contributed by atoms with van der Waals surface area (Å²) in [7, 11) is 1.70. The molecular formula is C35H48FN7O2. The van der Waals surface area contributed by atoms with Crippen molar-refractivity contribution in [1.29, 1.82) is 0 Å². The second-order valence-corrected chi connectivity index (χ2v) is 10.4. The summed E-state index contributed by atoms with van der Waals surface area (Å²) in [5.41, 5.74) is 12.8. The Labute approximate surface area is 267 Å². The highest BCUT2D eigenvalue weighted by atomic mass is 19.1. The number of nitrogens with zero attached hydrogens (tertiary/aromatic N) is 3. The van der Waals surface area contributed by atoms with Crippen LogP contribution in [0.4, 0.5) is 10.1 Å². The average molecular weight is 618 g/mol. The van der Waals surface area contributed by atoms with E-state index < -0.39 is 0 Å². The van der Waals surface area contributed by atoms with Crippen LogP contribution in [0.25, 0.3) is 0 Å². The molecule has 0 bridgehead atoms. The number of hydrazine groups is 1. The fraction of sp³-hybridized carbons (Fsp3) is 0.343. The van der Waals surface area contributed by atoms with E-state index in [4.69, 9.17) is 14.5 Å². The quantitative estimate of drug-likeness (QED) is 0.330. The van der Waals surface area contributed by atoms with Crippen LogP contribution in [-0.4, -0.2) is 62.8 Å². The van der Waals surface area contributed by atoms with Crippen molar-refractivity contribution in [3.63, 3.8) is 0 Å². The van der Waals surface area contributed by atoms with E-state index in [1.54, 1.807) is 25.6 Å². The molecule has 0 radical (unpaired) electrons. The third-order valence-electron chi connectivity index (χ3n) is 7.24. The van der Waals surface area contributed by atoms with E-state index in [-0.39, 0.29) is 18.1 Å². The second-order valence-electron chi connectivity index (χ2n) is 10.4. The molecule has 0 saturated heterocycles. The Bertz CT molecular complexity index is 1350. The van der Waals surface area contributed by atoms with Crippen molar-refractivity contribution < 1.29 is 13.9 Å². The summed E-state index contributed by atoms with van der Waals surface area (Å²) in [5, 5.41) is 6.64. The molecule has 10 heteroatoms. The first kappa shape index (κ1) is 36.7. The fourth-order valence-corrected chi connectivity index (χ4v) is 4.40. The third-order valence-corrected chi connectivity index (χ3v) is 7.24. The van der Waals surface area contributed by atoms with Crippen LogP contribution in [0, 0.1) is 12.7 Å². The molecule has 2 aromatic rings. The first-order valence-electron chi connectivity index (χ1n) is 15.0. The van der Waals surface area contributed by atoms with Gasteiger partial charge in [0.05, 0.1) is 19.5 Å². The van der Waals surface area contributed by atoms with Gasteiger partial charge in [-0.1, -0.05) is 37.8 Å². The number of methoxy groups -OCH3 is 1. The van der Waals surface area contributed by atoms with Crippen molar-refractivity contribution in [3.8, 4) is 5.75 Å². The highest BCUT2D eigenvalue weighted by Gasteiger charge is 2.21. The number of carbonyl (C=O) groups excluding carboxylic acids is 1. The number of allylic oxidation sites excluding steroid dienone is 5. The molecule has 0 amide bonds. The summed E-state index contributed by atoms with van der Waals surface area (Å²) >= 11 is 0.